The zero-order valence-corrected chi connectivity index (χ0v) is 11.5. The summed E-state index contributed by atoms with van der Waals surface area (Å²) >= 11 is 0. The molecule has 1 heterocycles. The molecule has 0 aromatic carbocycles. The molecule has 1 saturated heterocycles. The Morgan fingerprint density at radius 1 is 1.29 bits per heavy atom. The highest BCUT2D eigenvalue weighted by molar-refractivity contribution is 5.85. The molecule has 0 spiro atoms. The first-order valence-electron chi connectivity index (χ1n) is 6.73. The van der Waals surface area contributed by atoms with Gasteiger partial charge in [0.2, 0.25) is 5.91 Å². The van der Waals surface area contributed by atoms with Gasteiger partial charge in [-0.15, -0.1) is 12.4 Å². The van der Waals surface area contributed by atoms with Crippen molar-refractivity contribution in [3.63, 3.8) is 0 Å². The number of carbonyl (C=O) groups is 1. The van der Waals surface area contributed by atoms with Gasteiger partial charge in [0, 0.05) is 25.0 Å². The van der Waals surface area contributed by atoms with Crippen LogP contribution in [0.2, 0.25) is 0 Å². The number of piperidine rings is 1. The summed E-state index contributed by atoms with van der Waals surface area (Å²) in [5.74, 6) is 1.42. The second-order valence-electron chi connectivity index (χ2n) is 5.53. The van der Waals surface area contributed by atoms with E-state index in [0.717, 1.165) is 38.1 Å². The Balaban J connectivity index is 0.00000144. The Morgan fingerprint density at radius 3 is 2.53 bits per heavy atom. The quantitative estimate of drug-likeness (QED) is 0.827. The second kappa shape index (κ2) is 6.60. The highest BCUT2D eigenvalue weighted by Gasteiger charge is 2.33. The minimum atomic E-state index is 0. The summed E-state index contributed by atoms with van der Waals surface area (Å²) in [6.45, 7) is 3.82. The van der Waals surface area contributed by atoms with Crippen LogP contribution in [0.4, 0.5) is 0 Å². The highest BCUT2D eigenvalue weighted by Crippen LogP contribution is 2.30. The molecule has 1 amide bonds. The van der Waals surface area contributed by atoms with Crippen LogP contribution < -0.4 is 5.73 Å². The number of amides is 1. The number of likely N-dealkylation sites (tertiary alicyclic amines) is 1. The SMILES string of the molecule is CC1CCN(C(=O)C2CCCC2)C(CN)C1.Cl. The fourth-order valence-corrected chi connectivity index (χ4v) is 3.17. The molecule has 2 N–H and O–H groups in total. The number of halogens is 1. The van der Waals surface area contributed by atoms with E-state index in [0.29, 0.717) is 24.4 Å². The van der Waals surface area contributed by atoms with Gasteiger partial charge in [0.1, 0.15) is 0 Å². The van der Waals surface area contributed by atoms with Gasteiger partial charge in [-0.05, 0) is 31.6 Å². The van der Waals surface area contributed by atoms with Crippen molar-refractivity contribution in [2.24, 2.45) is 17.6 Å². The van der Waals surface area contributed by atoms with E-state index in [9.17, 15) is 4.79 Å². The third kappa shape index (κ3) is 3.35. The van der Waals surface area contributed by atoms with Gasteiger partial charge >= 0.3 is 0 Å². The van der Waals surface area contributed by atoms with E-state index < -0.39 is 0 Å². The Labute approximate surface area is 111 Å². The van der Waals surface area contributed by atoms with Crippen molar-refractivity contribution in [2.75, 3.05) is 13.1 Å². The first-order chi connectivity index (χ1) is 7.72. The average Bonchev–Trinajstić information content (AvgIpc) is 2.81. The molecule has 1 saturated carbocycles. The number of carbonyl (C=O) groups excluding carboxylic acids is 1. The minimum Gasteiger partial charge on any atom is -0.338 e. The largest absolute Gasteiger partial charge is 0.338 e. The predicted molar refractivity (Wildman–Crippen MR) is 72.2 cm³/mol. The molecule has 0 aromatic heterocycles. The number of nitrogens with zero attached hydrogens (tertiary/aromatic N) is 1. The second-order valence-corrected chi connectivity index (χ2v) is 5.53. The lowest BCUT2D eigenvalue weighted by molar-refractivity contribution is -0.139. The number of hydrogen-bond donors (Lipinski definition) is 1. The van der Waals surface area contributed by atoms with Gasteiger partial charge in [-0.25, -0.2) is 0 Å². The lowest BCUT2D eigenvalue weighted by atomic mass is 9.91. The summed E-state index contributed by atoms with van der Waals surface area (Å²) in [4.78, 5) is 14.4. The molecule has 4 heteroatoms. The van der Waals surface area contributed by atoms with Crippen molar-refractivity contribution in [1.29, 1.82) is 0 Å². The van der Waals surface area contributed by atoms with Crippen molar-refractivity contribution in [3.05, 3.63) is 0 Å². The Kier molecular flexibility index (Phi) is 5.74. The van der Waals surface area contributed by atoms with E-state index in [1.165, 1.54) is 12.8 Å². The van der Waals surface area contributed by atoms with Crippen LogP contribution in [0.5, 0.6) is 0 Å². The third-order valence-electron chi connectivity index (χ3n) is 4.24. The van der Waals surface area contributed by atoms with E-state index in [1.54, 1.807) is 0 Å². The van der Waals surface area contributed by atoms with Crippen LogP contribution in [0.3, 0.4) is 0 Å². The molecular formula is C13H25ClN2O. The summed E-state index contributed by atoms with van der Waals surface area (Å²) in [6.07, 6.45) is 6.90. The molecule has 100 valence electrons. The van der Waals surface area contributed by atoms with Crippen molar-refractivity contribution in [2.45, 2.75) is 51.5 Å². The van der Waals surface area contributed by atoms with Crippen LogP contribution in [0.25, 0.3) is 0 Å². The number of nitrogens with two attached hydrogens (primary N) is 1. The van der Waals surface area contributed by atoms with Gasteiger partial charge in [-0.3, -0.25) is 4.79 Å². The van der Waals surface area contributed by atoms with Crippen molar-refractivity contribution in [3.8, 4) is 0 Å². The molecule has 2 atom stereocenters. The lowest BCUT2D eigenvalue weighted by Crippen LogP contribution is -2.50. The fourth-order valence-electron chi connectivity index (χ4n) is 3.17. The van der Waals surface area contributed by atoms with Crippen LogP contribution in [-0.2, 0) is 4.79 Å². The fraction of sp³-hybridized carbons (Fsp3) is 0.923. The summed E-state index contributed by atoms with van der Waals surface area (Å²) < 4.78 is 0. The first-order valence-corrected chi connectivity index (χ1v) is 6.73. The van der Waals surface area contributed by atoms with Crippen LogP contribution in [0.15, 0.2) is 0 Å². The van der Waals surface area contributed by atoms with Crippen LogP contribution in [-0.4, -0.2) is 29.9 Å². The summed E-state index contributed by atoms with van der Waals surface area (Å²) in [5.41, 5.74) is 5.80. The molecule has 2 rings (SSSR count). The Bertz CT molecular complexity index is 254. The van der Waals surface area contributed by atoms with Gasteiger partial charge < -0.3 is 10.6 Å². The zero-order chi connectivity index (χ0) is 11.5. The predicted octanol–water partition coefficient (Wildman–Crippen LogP) is 2.18. The van der Waals surface area contributed by atoms with E-state index in [-0.39, 0.29) is 12.4 Å². The lowest BCUT2D eigenvalue weighted by Gasteiger charge is -2.39. The maximum absolute atomic E-state index is 12.3. The maximum atomic E-state index is 12.3. The van der Waals surface area contributed by atoms with Crippen molar-refractivity contribution in [1.82, 2.24) is 4.90 Å². The van der Waals surface area contributed by atoms with Crippen LogP contribution in [0, 0.1) is 11.8 Å². The molecule has 0 radical (unpaired) electrons. The molecule has 17 heavy (non-hydrogen) atoms. The molecule has 0 bridgehead atoms. The molecule has 2 unspecified atom stereocenters. The molecular weight excluding hydrogens is 236 g/mol. The molecule has 0 aromatic rings. The Morgan fingerprint density at radius 2 is 1.94 bits per heavy atom. The Hall–Kier alpha value is -0.280. The normalized spacial score (nSPS) is 30.1. The summed E-state index contributed by atoms with van der Waals surface area (Å²) in [6, 6.07) is 0.303. The van der Waals surface area contributed by atoms with Crippen molar-refractivity contribution < 1.29 is 4.79 Å². The molecule has 1 aliphatic heterocycles. The summed E-state index contributed by atoms with van der Waals surface area (Å²) in [7, 11) is 0. The first kappa shape index (κ1) is 14.8. The van der Waals surface area contributed by atoms with Gasteiger partial charge in [-0.1, -0.05) is 19.8 Å². The van der Waals surface area contributed by atoms with E-state index in [4.69, 9.17) is 5.73 Å². The zero-order valence-electron chi connectivity index (χ0n) is 10.7. The maximum Gasteiger partial charge on any atom is 0.225 e. The van der Waals surface area contributed by atoms with Gasteiger partial charge in [-0.2, -0.15) is 0 Å². The monoisotopic (exact) mass is 260 g/mol. The summed E-state index contributed by atoms with van der Waals surface area (Å²) in [5, 5.41) is 0. The van der Waals surface area contributed by atoms with E-state index in [1.807, 2.05) is 0 Å². The average molecular weight is 261 g/mol. The number of hydrogen-bond acceptors (Lipinski definition) is 2. The van der Waals surface area contributed by atoms with Crippen LogP contribution in [0.1, 0.15) is 45.4 Å². The standard InChI is InChI=1S/C13H24N2O.ClH/c1-10-6-7-15(12(8-10)9-14)13(16)11-4-2-3-5-11;/h10-12H,2-9,14H2,1H3;1H. The van der Waals surface area contributed by atoms with Gasteiger partial charge in [0.25, 0.3) is 0 Å². The molecule has 3 nitrogen and oxygen atoms in total. The van der Waals surface area contributed by atoms with E-state index >= 15 is 0 Å². The topological polar surface area (TPSA) is 46.3 Å². The van der Waals surface area contributed by atoms with Crippen LogP contribution >= 0.6 is 12.4 Å². The highest BCUT2D eigenvalue weighted by atomic mass is 35.5. The van der Waals surface area contributed by atoms with Gasteiger partial charge in [0.05, 0.1) is 0 Å². The molecule has 2 aliphatic rings. The minimum absolute atomic E-state index is 0. The molecule has 1 aliphatic carbocycles. The number of rotatable bonds is 2. The van der Waals surface area contributed by atoms with E-state index in [2.05, 4.69) is 11.8 Å². The smallest absolute Gasteiger partial charge is 0.225 e. The molecule has 2 fully saturated rings. The van der Waals surface area contributed by atoms with Crippen molar-refractivity contribution >= 4 is 18.3 Å². The van der Waals surface area contributed by atoms with Gasteiger partial charge in [0.15, 0.2) is 0 Å². The third-order valence-corrected chi connectivity index (χ3v) is 4.24.